The lowest BCUT2D eigenvalue weighted by atomic mass is 10.0. The Morgan fingerprint density at radius 3 is 2.45 bits per heavy atom. The summed E-state index contributed by atoms with van der Waals surface area (Å²) < 4.78 is 50.9. The molecule has 1 aliphatic rings. The Hall–Kier alpha value is -3.39. The summed E-state index contributed by atoms with van der Waals surface area (Å²) in [4.78, 5) is 13.1. The first kappa shape index (κ1) is 20.9. The summed E-state index contributed by atoms with van der Waals surface area (Å²) in [6.45, 7) is 0.0954. The number of ether oxygens (including phenoxy) is 2. The Morgan fingerprint density at radius 1 is 0.968 bits per heavy atom. The fraction of sp³-hybridized carbons (Fsp3) is 0.136. The number of benzene rings is 3. The Labute approximate surface area is 180 Å². The lowest BCUT2D eigenvalue weighted by molar-refractivity contribution is -0.137. The summed E-state index contributed by atoms with van der Waals surface area (Å²) in [7, 11) is 0. The van der Waals surface area contributed by atoms with Gasteiger partial charge in [0.05, 0.1) is 11.3 Å². The van der Waals surface area contributed by atoms with Crippen LogP contribution >= 0.6 is 11.6 Å². The van der Waals surface area contributed by atoms with E-state index in [9.17, 15) is 18.0 Å². The minimum absolute atomic E-state index is 0.0802. The largest absolute Gasteiger partial charge is 0.454 e. The van der Waals surface area contributed by atoms with E-state index in [1.807, 2.05) is 0 Å². The van der Waals surface area contributed by atoms with Crippen molar-refractivity contribution in [2.45, 2.75) is 12.2 Å². The van der Waals surface area contributed by atoms with Gasteiger partial charge in [-0.05, 0) is 35.9 Å². The van der Waals surface area contributed by atoms with Gasteiger partial charge in [0, 0.05) is 16.8 Å². The maximum atomic E-state index is 13.4. The van der Waals surface area contributed by atoms with Crippen molar-refractivity contribution in [3.63, 3.8) is 0 Å². The number of nitrogens with one attached hydrogen (secondary N) is 2. The average molecular weight is 449 g/mol. The van der Waals surface area contributed by atoms with E-state index in [4.69, 9.17) is 21.1 Å². The van der Waals surface area contributed by atoms with E-state index in [1.54, 1.807) is 48.5 Å². The van der Waals surface area contributed by atoms with Crippen molar-refractivity contribution >= 4 is 28.9 Å². The molecule has 0 saturated carbocycles. The molecule has 160 valence electrons. The third-order valence-corrected chi connectivity index (χ3v) is 4.86. The lowest BCUT2D eigenvalue weighted by Gasteiger charge is -2.22. The van der Waals surface area contributed by atoms with Crippen molar-refractivity contribution in [2.75, 3.05) is 17.4 Å². The molecule has 4 rings (SSSR count). The van der Waals surface area contributed by atoms with Crippen molar-refractivity contribution in [2.24, 2.45) is 0 Å². The number of fused-ring (bicyclic) bond motifs is 1. The number of alkyl halides is 3. The number of anilines is 2. The first-order valence-electron chi connectivity index (χ1n) is 9.20. The molecule has 1 aliphatic heterocycles. The Morgan fingerprint density at radius 2 is 1.71 bits per heavy atom. The predicted octanol–water partition coefficient (Wildman–Crippen LogP) is 5.88. The maximum absolute atomic E-state index is 13.4. The summed E-state index contributed by atoms with van der Waals surface area (Å²) in [6.07, 6.45) is -4.68. The number of carbonyl (C=O) groups is 1. The van der Waals surface area contributed by atoms with Crippen LogP contribution in [0.1, 0.15) is 17.2 Å². The molecular weight excluding hydrogens is 433 g/mol. The van der Waals surface area contributed by atoms with Crippen LogP contribution in [-0.4, -0.2) is 12.7 Å². The highest BCUT2D eigenvalue weighted by Crippen LogP contribution is 2.38. The van der Waals surface area contributed by atoms with Gasteiger partial charge in [0.15, 0.2) is 11.5 Å². The third kappa shape index (κ3) is 4.69. The van der Waals surface area contributed by atoms with Gasteiger partial charge in [0.1, 0.15) is 6.04 Å². The molecular formula is C22H16ClF3N2O3. The lowest BCUT2D eigenvalue weighted by Crippen LogP contribution is -2.28. The van der Waals surface area contributed by atoms with E-state index >= 15 is 0 Å². The van der Waals surface area contributed by atoms with Gasteiger partial charge in [0.2, 0.25) is 6.79 Å². The molecule has 5 nitrogen and oxygen atoms in total. The summed E-state index contributed by atoms with van der Waals surface area (Å²) in [6, 6.07) is 15.9. The molecule has 0 spiro atoms. The van der Waals surface area contributed by atoms with Crippen molar-refractivity contribution in [3.05, 3.63) is 82.9 Å². The van der Waals surface area contributed by atoms with Gasteiger partial charge < -0.3 is 20.1 Å². The molecule has 0 saturated heterocycles. The highest BCUT2D eigenvalue weighted by atomic mass is 35.5. The zero-order valence-corrected chi connectivity index (χ0v) is 16.6. The first-order valence-corrected chi connectivity index (χ1v) is 9.58. The van der Waals surface area contributed by atoms with Crippen molar-refractivity contribution in [3.8, 4) is 11.5 Å². The standard InChI is InChI=1S/C22H16ClF3N2O3/c23-14-6-8-17(16(10-14)22(24,25)26)28-21(29)20(13-4-2-1-3-5-13)27-15-7-9-18-19(11-15)31-12-30-18/h1-11,20,27H,12H2,(H,28,29)/t20-/m0/s1. The molecule has 9 heteroatoms. The van der Waals surface area contributed by atoms with Crippen LogP contribution in [-0.2, 0) is 11.0 Å². The number of rotatable bonds is 5. The molecule has 0 fully saturated rings. The van der Waals surface area contributed by atoms with Crippen LogP contribution in [0.5, 0.6) is 11.5 Å². The second kappa shape index (κ2) is 8.39. The van der Waals surface area contributed by atoms with Gasteiger partial charge in [-0.25, -0.2) is 0 Å². The zero-order valence-electron chi connectivity index (χ0n) is 15.9. The maximum Gasteiger partial charge on any atom is 0.418 e. The molecule has 1 heterocycles. The minimum atomic E-state index is -4.68. The fourth-order valence-electron chi connectivity index (χ4n) is 3.16. The van der Waals surface area contributed by atoms with Crippen LogP contribution in [0, 0.1) is 0 Å². The number of amides is 1. The van der Waals surface area contributed by atoms with E-state index in [1.165, 1.54) is 6.07 Å². The van der Waals surface area contributed by atoms with Crippen molar-refractivity contribution < 1.29 is 27.4 Å². The highest BCUT2D eigenvalue weighted by Gasteiger charge is 2.35. The molecule has 1 atom stereocenters. The van der Waals surface area contributed by atoms with E-state index in [2.05, 4.69) is 10.6 Å². The Bertz CT molecular complexity index is 1110. The number of hydrogen-bond acceptors (Lipinski definition) is 4. The smallest absolute Gasteiger partial charge is 0.418 e. The molecule has 3 aromatic rings. The van der Waals surface area contributed by atoms with Gasteiger partial charge in [0.25, 0.3) is 5.91 Å². The predicted molar refractivity (Wildman–Crippen MR) is 110 cm³/mol. The van der Waals surface area contributed by atoms with Crippen molar-refractivity contribution in [1.29, 1.82) is 0 Å². The number of halogens is 4. The van der Waals surface area contributed by atoms with Crippen LogP contribution in [0.15, 0.2) is 66.7 Å². The molecule has 0 bridgehead atoms. The van der Waals surface area contributed by atoms with Crippen LogP contribution in [0.4, 0.5) is 24.5 Å². The topological polar surface area (TPSA) is 59.6 Å². The number of carbonyl (C=O) groups excluding carboxylic acids is 1. The summed E-state index contributed by atoms with van der Waals surface area (Å²) in [5, 5.41) is 5.36. The van der Waals surface area contributed by atoms with E-state index in [0.29, 0.717) is 22.7 Å². The molecule has 1 amide bonds. The van der Waals surface area contributed by atoms with Crippen molar-refractivity contribution in [1.82, 2.24) is 0 Å². The molecule has 0 unspecified atom stereocenters. The molecule has 0 aliphatic carbocycles. The second-order valence-corrected chi connectivity index (χ2v) is 7.17. The molecule has 0 radical (unpaired) electrons. The van der Waals surface area contributed by atoms with Crippen LogP contribution in [0.3, 0.4) is 0 Å². The quantitative estimate of drug-likeness (QED) is 0.511. The molecule has 31 heavy (non-hydrogen) atoms. The van der Waals surface area contributed by atoms with Crippen LogP contribution in [0.2, 0.25) is 5.02 Å². The normalized spacial score (nSPS) is 13.5. The molecule has 0 aromatic heterocycles. The highest BCUT2D eigenvalue weighted by molar-refractivity contribution is 6.30. The summed E-state index contributed by atoms with van der Waals surface area (Å²) in [5.41, 5.74) is -0.292. The van der Waals surface area contributed by atoms with Gasteiger partial charge >= 0.3 is 6.18 Å². The monoisotopic (exact) mass is 448 g/mol. The SMILES string of the molecule is O=C(Nc1ccc(Cl)cc1C(F)(F)F)[C@@H](Nc1ccc2c(c1)OCO2)c1ccccc1. The Kier molecular flexibility index (Phi) is 5.65. The Balaban J connectivity index is 1.64. The summed E-state index contributed by atoms with van der Waals surface area (Å²) >= 11 is 5.72. The fourth-order valence-corrected chi connectivity index (χ4v) is 3.34. The van der Waals surface area contributed by atoms with Crippen LogP contribution in [0.25, 0.3) is 0 Å². The molecule has 2 N–H and O–H groups in total. The molecule has 3 aromatic carbocycles. The zero-order chi connectivity index (χ0) is 22.0. The van der Waals surface area contributed by atoms with Gasteiger partial charge in [-0.1, -0.05) is 41.9 Å². The third-order valence-electron chi connectivity index (χ3n) is 4.62. The average Bonchev–Trinajstić information content (AvgIpc) is 3.21. The van der Waals surface area contributed by atoms with Crippen LogP contribution < -0.4 is 20.1 Å². The van der Waals surface area contributed by atoms with E-state index < -0.39 is 23.7 Å². The van der Waals surface area contributed by atoms with E-state index in [0.717, 1.165) is 12.1 Å². The first-order chi connectivity index (χ1) is 14.8. The minimum Gasteiger partial charge on any atom is -0.454 e. The second-order valence-electron chi connectivity index (χ2n) is 6.73. The summed E-state index contributed by atoms with van der Waals surface area (Å²) in [5.74, 6) is 0.410. The van der Waals surface area contributed by atoms with Gasteiger partial charge in [-0.2, -0.15) is 13.2 Å². The number of hydrogen-bond donors (Lipinski definition) is 2. The van der Waals surface area contributed by atoms with E-state index in [-0.39, 0.29) is 17.5 Å². The van der Waals surface area contributed by atoms with Gasteiger partial charge in [-0.15, -0.1) is 0 Å². The van der Waals surface area contributed by atoms with Gasteiger partial charge in [-0.3, -0.25) is 4.79 Å².